The Balaban J connectivity index is 1.96. The highest BCUT2D eigenvalue weighted by Crippen LogP contribution is 2.27. The van der Waals surface area contributed by atoms with Gasteiger partial charge in [0.15, 0.2) is 0 Å². The Morgan fingerprint density at radius 2 is 2.12 bits per heavy atom. The van der Waals surface area contributed by atoms with Crippen molar-refractivity contribution in [3.05, 3.63) is 50.4 Å². The number of aliphatic carboxylic acids is 1. The van der Waals surface area contributed by atoms with Gasteiger partial charge in [0.25, 0.3) is 5.56 Å². The number of benzene rings is 1. The van der Waals surface area contributed by atoms with Crippen LogP contribution in [0.4, 0.5) is 5.69 Å². The number of hydrogen-bond donors (Lipinski definition) is 1. The number of piperidine rings is 1. The van der Waals surface area contributed by atoms with Gasteiger partial charge in [-0.25, -0.2) is 0 Å². The molecule has 3 rings (SSSR count). The number of carbonyl (C=O) groups is 1. The molecule has 1 N–H and O–H groups in total. The van der Waals surface area contributed by atoms with Crippen LogP contribution in [0.15, 0.2) is 29.2 Å². The molecule has 2 aromatic rings. The lowest BCUT2D eigenvalue weighted by molar-refractivity contribution is -0.141. The van der Waals surface area contributed by atoms with E-state index < -0.39 is 17.4 Å². The third-order valence-electron chi connectivity index (χ3n) is 4.41. The van der Waals surface area contributed by atoms with Crippen LogP contribution in [-0.4, -0.2) is 33.9 Å². The summed E-state index contributed by atoms with van der Waals surface area (Å²) in [7, 11) is 0. The largest absolute Gasteiger partial charge is 0.481 e. The minimum Gasteiger partial charge on any atom is -0.481 e. The SMILES string of the molecule is Cc1ccc(-n2ncc(N3CCCC(C(=O)O)C3)c(Cl)c2=O)cc1Cl. The van der Waals surface area contributed by atoms with Gasteiger partial charge >= 0.3 is 5.97 Å². The monoisotopic (exact) mass is 381 g/mol. The summed E-state index contributed by atoms with van der Waals surface area (Å²) < 4.78 is 1.19. The summed E-state index contributed by atoms with van der Waals surface area (Å²) in [4.78, 5) is 25.7. The van der Waals surface area contributed by atoms with Gasteiger partial charge in [0.05, 0.1) is 23.5 Å². The van der Waals surface area contributed by atoms with E-state index >= 15 is 0 Å². The summed E-state index contributed by atoms with van der Waals surface area (Å²) in [5.41, 5.74) is 1.42. The van der Waals surface area contributed by atoms with Gasteiger partial charge in [-0.3, -0.25) is 9.59 Å². The van der Waals surface area contributed by atoms with Crippen LogP contribution in [0, 0.1) is 12.8 Å². The molecule has 0 aliphatic carbocycles. The predicted molar refractivity (Wildman–Crippen MR) is 97.2 cm³/mol. The second kappa shape index (κ2) is 7.06. The van der Waals surface area contributed by atoms with Gasteiger partial charge in [0.1, 0.15) is 5.02 Å². The summed E-state index contributed by atoms with van der Waals surface area (Å²) in [6, 6.07) is 5.20. The Bertz CT molecular complexity index is 882. The van der Waals surface area contributed by atoms with E-state index in [0.29, 0.717) is 35.9 Å². The van der Waals surface area contributed by atoms with Crippen molar-refractivity contribution < 1.29 is 9.90 Å². The second-order valence-electron chi connectivity index (χ2n) is 6.12. The molecule has 1 aromatic carbocycles. The first-order chi connectivity index (χ1) is 11.9. The maximum Gasteiger partial charge on any atom is 0.308 e. The van der Waals surface area contributed by atoms with E-state index in [1.54, 1.807) is 18.2 Å². The van der Waals surface area contributed by atoms with E-state index in [4.69, 9.17) is 23.2 Å². The number of aryl methyl sites for hydroxylation is 1. The van der Waals surface area contributed by atoms with Crippen LogP contribution in [0.5, 0.6) is 0 Å². The van der Waals surface area contributed by atoms with E-state index in [2.05, 4.69) is 5.10 Å². The van der Waals surface area contributed by atoms with Crippen LogP contribution in [0.2, 0.25) is 10.0 Å². The predicted octanol–water partition coefficient (Wildman–Crippen LogP) is 3.15. The molecule has 8 heteroatoms. The minimum absolute atomic E-state index is 0.0257. The quantitative estimate of drug-likeness (QED) is 0.883. The van der Waals surface area contributed by atoms with Crippen LogP contribution in [0.25, 0.3) is 5.69 Å². The fourth-order valence-electron chi connectivity index (χ4n) is 2.94. The summed E-state index contributed by atoms with van der Waals surface area (Å²) >= 11 is 12.4. The van der Waals surface area contributed by atoms with Crippen molar-refractivity contribution >= 4 is 34.9 Å². The van der Waals surface area contributed by atoms with Gasteiger partial charge in [-0.15, -0.1) is 0 Å². The fraction of sp³-hybridized carbons (Fsp3) is 0.353. The number of aromatic nitrogens is 2. The summed E-state index contributed by atoms with van der Waals surface area (Å²) in [6.07, 6.45) is 2.85. The van der Waals surface area contributed by atoms with Gasteiger partial charge in [0.2, 0.25) is 0 Å². The normalized spacial score (nSPS) is 17.6. The van der Waals surface area contributed by atoms with Crippen molar-refractivity contribution in [3.8, 4) is 5.69 Å². The minimum atomic E-state index is -0.837. The van der Waals surface area contributed by atoms with Crippen molar-refractivity contribution in [3.63, 3.8) is 0 Å². The van der Waals surface area contributed by atoms with E-state index in [0.717, 1.165) is 12.0 Å². The molecule has 2 heterocycles. The van der Waals surface area contributed by atoms with Crippen molar-refractivity contribution in [2.75, 3.05) is 18.0 Å². The van der Waals surface area contributed by atoms with Gasteiger partial charge in [0, 0.05) is 18.1 Å². The van der Waals surface area contributed by atoms with Crippen molar-refractivity contribution in [2.45, 2.75) is 19.8 Å². The van der Waals surface area contributed by atoms with Crippen molar-refractivity contribution in [1.29, 1.82) is 0 Å². The maximum atomic E-state index is 12.6. The van der Waals surface area contributed by atoms with Crippen LogP contribution in [-0.2, 0) is 4.79 Å². The number of carboxylic acids is 1. The molecule has 1 saturated heterocycles. The van der Waals surface area contributed by atoms with Gasteiger partial charge < -0.3 is 10.0 Å². The molecule has 1 atom stereocenters. The highest BCUT2D eigenvalue weighted by molar-refractivity contribution is 6.33. The summed E-state index contributed by atoms with van der Waals surface area (Å²) in [6.45, 7) is 2.83. The average molecular weight is 382 g/mol. The Morgan fingerprint density at radius 3 is 2.80 bits per heavy atom. The van der Waals surface area contributed by atoms with Crippen LogP contribution in [0.3, 0.4) is 0 Å². The third kappa shape index (κ3) is 3.50. The molecular weight excluding hydrogens is 365 g/mol. The first kappa shape index (κ1) is 17.8. The zero-order valence-corrected chi connectivity index (χ0v) is 15.1. The number of rotatable bonds is 3. The molecule has 1 aromatic heterocycles. The molecule has 25 heavy (non-hydrogen) atoms. The zero-order valence-electron chi connectivity index (χ0n) is 13.6. The Hall–Kier alpha value is -2.05. The second-order valence-corrected chi connectivity index (χ2v) is 6.90. The molecule has 6 nitrogen and oxygen atoms in total. The first-order valence-electron chi connectivity index (χ1n) is 7.90. The Labute approximate surface area is 154 Å². The van der Waals surface area contributed by atoms with Crippen molar-refractivity contribution in [2.24, 2.45) is 5.92 Å². The lowest BCUT2D eigenvalue weighted by Crippen LogP contribution is -2.40. The first-order valence-corrected chi connectivity index (χ1v) is 8.66. The molecule has 1 aliphatic rings. The number of halogens is 2. The highest BCUT2D eigenvalue weighted by atomic mass is 35.5. The molecule has 1 unspecified atom stereocenters. The lowest BCUT2D eigenvalue weighted by Gasteiger charge is -2.32. The van der Waals surface area contributed by atoms with Crippen LogP contribution in [0.1, 0.15) is 18.4 Å². The molecule has 0 radical (unpaired) electrons. The van der Waals surface area contributed by atoms with Crippen molar-refractivity contribution in [1.82, 2.24) is 9.78 Å². The molecule has 1 fully saturated rings. The number of carboxylic acid groups (broad SMARTS) is 1. The Kier molecular flexibility index (Phi) is 5.01. The topological polar surface area (TPSA) is 75.4 Å². The van der Waals surface area contributed by atoms with Gasteiger partial charge in [-0.2, -0.15) is 9.78 Å². The molecular formula is C17H17Cl2N3O3. The van der Waals surface area contributed by atoms with Gasteiger partial charge in [-0.05, 0) is 37.5 Å². The van der Waals surface area contributed by atoms with E-state index in [1.165, 1.54) is 10.9 Å². The van der Waals surface area contributed by atoms with E-state index in [9.17, 15) is 14.7 Å². The molecule has 0 amide bonds. The van der Waals surface area contributed by atoms with Gasteiger partial charge in [-0.1, -0.05) is 29.3 Å². The molecule has 0 bridgehead atoms. The average Bonchev–Trinajstić information content (AvgIpc) is 2.60. The highest BCUT2D eigenvalue weighted by Gasteiger charge is 2.27. The molecule has 1 aliphatic heterocycles. The number of hydrogen-bond acceptors (Lipinski definition) is 4. The molecule has 132 valence electrons. The Morgan fingerprint density at radius 1 is 1.36 bits per heavy atom. The summed E-state index contributed by atoms with van der Waals surface area (Å²) in [5, 5.41) is 14.0. The van der Waals surface area contributed by atoms with Crippen LogP contribution < -0.4 is 10.5 Å². The maximum absolute atomic E-state index is 12.6. The zero-order chi connectivity index (χ0) is 18.1. The lowest BCUT2D eigenvalue weighted by atomic mass is 9.98. The third-order valence-corrected chi connectivity index (χ3v) is 5.17. The molecule has 0 spiro atoms. The number of nitrogens with zero attached hydrogens (tertiary/aromatic N) is 3. The number of anilines is 1. The summed E-state index contributed by atoms with van der Waals surface area (Å²) in [5.74, 6) is -1.31. The molecule has 0 saturated carbocycles. The van der Waals surface area contributed by atoms with E-state index in [1.807, 2.05) is 11.8 Å². The fourth-order valence-corrected chi connectivity index (χ4v) is 3.36. The standard InChI is InChI=1S/C17H17Cl2N3O3/c1-10-4-5-12(7-13(10)18)22-16(23)15(19)14(8-20-22)21-6-2-3-11(9-21)17(24)25/h4-5,7-8,11H,2-3,6,9H2,1H3,(H,24,25). The smallest absolute Gasteiger partial charge is 0.308 e. The van der Waals surface area contributed by atoms with Crippen LogP contribution >= 0.6 is 23.2 Å². The van der Waals surface area contributed by atoms with E-state index in [-0.39, 0.29) is 5.02 Å².